The Labute approximate surface area is 201 Å². The Balaban J connectivity index is 1.65. The van der Waals surface area contributed by atoms with Gasteiger partial charge in [0.1, 0.15) is 12.3 Å². The van der Waals surface area contributed by atoms with E-state index < -0.39 is 15.9 Å². The molecule has 1 amide bonds. The summed E-state index contributed by atoms with van der Waals surface area (Å²) in [5.41, 5.74) is 0.278. The molecule has 2 aromatic rings. The Hall–Kier alpha value is -2.29. The number of carbonyl (C=O) groups is 1. The summed E-state index contributed by atoms with van der Waals surface area (Å²) in [6.07, 6.45) is 6.89. The van der Waals surface area contributed by atoms with E-state index in [4.69, 9.17) is 21.1 Å². The highest BCUT2D eigenvalue weighted by Gasteiger charge is 2.27. The first kappa shape index (κ1) is 25.3. The quantitative estimate of drug-likeness (QED) is 0.468. The number of halogens is 1. The summed E-state index contributed by atoms with van der Waals surface area (Å²) in [6.45, 7) is 0.614. The van der Waals surface area contributed by atoms with Crippen LogP contribution in [0.25, 0.3) is 0 Å². The van der Waals surface area contributed by atoms with Crippen LogP contribution in [0.15, 0.2) is 53.4 Å². The van der Waals surface area contributed by atoms with Gasteiger partial charge in [0.05, 0.1) is 28.8 Å². The number of amides is 1. The van der Waals surface area contributed by atoms with E-state index in [2.05, 4.69) is 5.32 Å². The van der Waals surface area contributed by atoms with Crippen molar-refractivity contribution in [2.45, 2.75) is 49.5 Å². The summed E-state index contributed by atoms with van der Waals surface area (Å²) in [5, 5.41) is 3.05. The molecule has 180 valence electrons. The number of anilines is 1. The third kappa shape index (κ3) is 7.09. The maximum absolute atomic E-state index is 13.3. The monoisotopic (exact) mass is 494 g/mol. The Morgan fingerprint density at radius 3 is 2.52 bits per heavy atom. The minimum absolute atomic E-state index is 0.0885. The standard InChI is InChI=1S/C24H31ClN2O5S/c1-31-23-14-13-19(17-22(23)25)27(33(29,30)21-11-6-3-7-12-21)18-24(28)26-15-8-16-32-20-9-4-2-5-10-20/h3,6-7,11-14,17,20H,2,4-5,8-10,15-16,18H2,1H3,(H,26,28). The number of carbonyl (C=O) groups excluding carboxylic acids is 1. The Bertz CT molecular complexity index is 1010. The zero-order valence-corrected chi connectivity index (χ0v) is 20.4. The van der Waals surface area contributed by atoms with Crippen LogP contribution >= 0.6 is 11.6 Å². The van der Waals surface area contributed by atoms with Gasteiger partial charge >= 0.3 is 0 Å². The van der Waals surface area contributed by atoms with E-state index >= 15 is 0 Å². The molecule has 9 heteroatoms. The van der Waals surface area contributed by atoms with Gasteiger partial charge in [0.25, 0.3) is 10.0 Å². The minimum Gasteiger partial charge on any atom is -0.495 e. The van der Waals surface area contributed by atoms with Crippen molar-refractivity contribution in [1.82, 2.24) is 5.32 Å². The molecule has 1 fully saturated rings. The summed E-state index contributed by atoms with van der Waals surface area (Å²) in [6, 6.07) is 12.6. The van der Waals surface area contributed by atoms with Gasteiger partial charge in [-0.3, -0.25) is 9.10 Å². The van der Waals surface area contributed by atoms with Crippen LogP contribution in [0.2, 0.25) is 5.02 Å². The van der Waals surface area contributed by atoms with E-state index in [9.17, 15) is 13.2 Å². The third-order valence-electron chi connectivity index (χ3n) is 5.59. The molecule has 3 rings (SSSR count). The van der Waals surface area contributed by atoms with Gasteiger partial charge in [0, 0.05) is 13.2 Å². The van der Waals surface area contributed by atoms with Crippen LogP contribution in [-0.4, -0.2) is 47.2 Å². The van der Waals surface area contributed by atoms with Crippen LogP contribution < -0.4 is 14.4 Å². The zero-order chi connectivity index (χ0) is 23.7. The Kier molecular flexibility index (Phi) is 9.41. The average molecular weight is 495 g/mol. The van der Waals surface area contributed by atoms with Crippen LogP contribution in [0.3, 0.4) is 0 Å². The second-order valence-corrected chi connectivity index (χ2v) is 10.2. The lowest BCUT2D eigenvalue weighted by Crippen LogP contribution is -2.41. The number of methoxy groups -OCH3 is 1. The molecule has 0 bridgehead atoms. The number of hydrogen-bond donors (Lipinski definition) is 1. The first-order valence-corrected chi connectivity index (χ1v) is 13.0. The second kappa shape index (κ2) is 12.3. The molecule has 0 atom stereocenters. The van der Waals surface area contributed by atoms with E-state index in [1.165, 1.54) is 44.6 Å². The van der Waals surface area contributed by atoms with Crippen LogP contribution in [0, 0.1) is 0 Å². The van der Waals surface area contributed by atoms with Crippen LogP contribution in [-0.2, 0) is 19.6 Å². The highest BCUT2D eigenvalue weighted by Crippen LogP contribution is 2.31. The zero-order valence-electron chi connectivity index (χ0n) is 18.8. The summed E-state index contributed by atoms with van der Waals surface area (Å²) >= 11 is 6.23. The van der Waals surface area contributed by atoms with E-state index in [0.29, 0.717) is 31.4 Å². The van der Waals surface area contributed by atoms with Crippen molar-refractivity contribution in [2.75, 3.05) is 31.1 Å². The number of sulfonamides is 1. The number of rotatable bonds is 11. The molecule has 0 aliphatic heterocycles. The lowest BCUT2D eigenvalue weighted by atomic mass is 9.98. The molecule has 0 heterocycles. The fourth-order valence-electron chi connectivity index (χ4n) is 3.81. The van der Waals surface area contributed by atoms with E-state index in [0.717, 1.165) is 17.1 Å². The molecular formula is C24H31ClN2O5S. The average Bonchev–Trinajstić information content (AvgIpc) is 2.83. The molecule has 7 nitrogen and oxygen atoms in total. The molecule has 0 radical (unpaired) electrons. The molecule has 1 saturated carbocycles. The number of hydrogen-bond acceptors (Lipinski definition) is 5. The molecule has 0 saturated heterocycles. The van der Waals surface area contributed by atoms with E-state index in [1.54, 1.807) is 30.3 Å². The fourth-order valence-corrected chi connectivity index (χ4v) is 5.50. The normalized spacial score (nSPS) is 14.6. The van der Waals surface area contributed by atoms with Crippen molar-refractivity contribution in [3.05, 3.63) is 53.6 Å². The van der Waals surface area contributed by atoms with Gasteiger partial charge in [-0.1, -0.05) is 49.1 Å². The van der Waals surface area contributed by atoms with Crippen molar-refractivity contribution in [3.8, 4) is 5.75 Å². The molecule has 0 aromatic heterocycles. The maximum atomic E-state index is 13.3. The van der Waals surface area contributed by atoms with Gasteiger partial charge in [-0.05, 0) is 49.6 Å². The molecule has 1 aliphatic carbocycles. The number of benzene rings is 2. The molecule has 33 heavy (non-hydrogen) atoms. The van der Waals surface area contributed by atoms with Crippen molar-refractivity contribution >= 4 is 33.2 Å². The summed E-state index contributed by atoms with van der Waals surface area (Å²) in [4.78, 5) is 12.8. The smallest absolute Gasteiger partial charge is 0.264 e. The Morgan fingerprint density at radius 1 is 1.12 bits per heavy atom. The van der Waals surface area contributed by atoms with Gasteiger partial charge in [0.15, 0.2) is 0 Å². The third-order valence-corrected chi connectivity index (χ3v) is 7.67. The number of nitrogens with zero attached hydrogens (tertiary/aromatic N) is 1. The van der Waals surface area contributed by atoms with Crippen molar-refractivity contribution in [1.29, 1.82) is 0 Å². The molecule has 2 aromatic carbocycles. The van der Waals surface area contributed by atoms with Gasteiger partial charge < -0.3 is 14.8 Å². The highest BCUT2D eigenvalue weighted by atomic mass is 35.5. The molecule has 0 spiro atoms. The number of ether oxygens (including phenoxy) is 2. The SMILES string of the molecule is COc1ccc(N(CC(=O)NCCCOC2CCCCC2)S(=O)(=O)c2ccccc2)cc1Cl. The minimum atomic E-state index is -3.99. The lowest BCUT2D eigenvalue weighted by Gasteiger charge is -2.25. The van der Waals surface area contributed by atoms with E-state index in [-0.39, 0.29) is 22.2 Å². The van der Waals surface area contributed by atoms with Crippen molar-refractivity contribution < 1.29 is 22.7 Å². The summed E-state index contributed by atoms with van der Waals surface area (Å²) in [7, 11) is -2.51. The van der Waals surface area contributed by atoms with Crippen molar-refractivity contribution in [2.24, 2.45) is 0 Å². The van der Waals surface area contributed by atoms with Crippen LogP contribution in [0.4, 0.5) is 5.69 Å². The van der Waals surface area contributed by atoms with Crippen LogP contribution in [0.1, 0.15) is 38.5 Å². The molecular weight excluding hydrogens is 464 g/mol. The van der Waals surface area contributed by atoms with Crippen molar-refractivity contribution in [3.63, 3.8) is 0 Å². The molecule has 0 unspecified atom stereocenters. The maximum Gasteiger partial charge on any atom is 0.264 e. The predicted octanol–water partition coefficient (Wildman–Crippen LogP) is 4.40. The largest absolute Gasteiger partial charge is 0.495 e. The van der Waals surface area contributed by atoms with Gasteiger partial charge in [-0.15, -0.1) is 0 Å². The Morgan fingerprint density at radius 2 is 1.85 bits per heavy atom. The summed E-state index contributed by atoms with van der Waals surface area (Å²) < 4.78 is 38.8. The predicted molar refractivity (Wildman–Crippen MR) is 129 cm³/mol. The van der Waals surface area contributed by atoms with Gasteiger partial charge in [-0.25, -0.2) is 8.42 Å². The lowest BCUT2D eigenvalue weighted by molar-refractivity contribution is -0.119. The van der Waals surface area contributed by atoms with E-state index in [1.807, 2.05) is 0 Å². The second-order valence-electron chi connectivity index (χ2n) is 7.98. The topological polar surface area (TPSA) is 84.9 Å². The van der Waals surface area contributed by atoms with Gasteiger partial charge in [0.2, 0.25) is 5.91 Å². The van der Waals surface area contributed by atoms with Crippen LogP contribution in [0.5, 0.6) is 5.75 Å². The summed E-state index contributed by atoms with van der Waals surface area (Å²) in [5.74, 6) is 0.0130. The van der Waals surface area contributed by atoms with Gasteiger partial charge in [-0.2, -0.15) is 0 Å². The first-order chi connectivity index (χ1) is 15.9. The highest BCUT2D eigenvalue weighted by molar-refractivity contribution is 7.92. The molecule has 1 N–H and O–H groups in total. The first-order valence-electron chi connectivity index (χ1n) is 11.2. The number of nitrogens with one attached hydrogen (secondary N) is 1. The molecule has 1 aliphatic rings. The fraction of sp³-hybridized carbons (Fsp3) is 0.458.